The fraction of sp³-hybridized carbons (Fsp3) is 0.458. The molecule has 0 saturated carbocycles. The van der Waals surface area contributed by atoms with Gasteiger partial charge in [0.15, 0.2) is 0 Å². The van der Waals surface area contributed by atoms with Crippen LogP contribution in [-0.4, -0.2) is 61.9 Å². The van der Waals surface area contributed by atoms with Crippen molar-refractivity contribution >= 4 is 23.2 Å². The highest BCUT2D eigenvalue weighted by Gasteiger charge is 2.30. The molecule has 35 heavy (non-hydrogen) atoms. The van der Waals surface area contributed by atoms with Gasteiger partial charge in [0, 0.05) is 19.2 Å². The summed E-state index contributed by atoms with van der Waals surface area (Å²) in [6, 6.07) is 7.38. The summed E-state index contributed by atoms with van der Waals surface area (Å²) in [6.45, 7) is 2.36. The van der Waals surface area contributed by atoms with E-state index in [2.05, 4.69) is 10.2 Å². The number of aliphatic hydroxyl groups excluding tert-OH is 1. The maximum Gasteiger partial charge on any atom is 0.416 e. The minimum absolute atomic E-state index is 0.0205. The number of halogens is 4. The van der Waals surface area contributed by atoms with Gasteiger partial charge in [0.05, 0.1) is 28.9 Å². The van der Waals surface area contributed by atoms with Gasteiger partial charge in [-0.1, -0.05) is 11.6 Å². The number of anilines is 1. The fourth-order valence-electron chi connectivity index (χ4n) is 3.90. The predicted molar refractivity (Wildman–Crippen MR) is 127 cm³/mol. The number of nitrogens with two attached hydrogens (primary N) is 1. The Hall–Kier alpha value is -2.69. The number of benzene rings is 2. The molecule has 1 saturated heterocycles. The number of carbonyl (C=O) groups excluding carboxylic acids is 1. The van der Waals surface area contributed by atoms with Crippen LogP contribution >= 0.6 is 11.6 Å². The normalized spacial score (nSPS) is 16.1. The molecule has 1 aliphatic heterocycles. The lowest BCUT2D eigenvalue weighted by molar-refractivity contribution is -0.137. The largest absolute Gasteiger partial charge is 0.496 e. The summed E-state index contributed by atoms with van der Waals surface area (Å²) in [5.74, 6) is 0.616. The molecule has 1 heterocycles. The highest BCUT2D eigenvalue weighted by Crippen LogP contribution is 2.31. The van der Waals surface area contributed by atoms with Crippen molar-refractivity contribution in [3.05, 3.63) is 52.5 Å². The molecule has 1 atom stereocenters. The van der Waals surface area contributed by atoms with E-state index in [-0.39, 0.29) is 29.2 Å². The Kier molecular flexibility index (Phi) is 9.09. The Balaban J connectivity index is 1.38. The van der Waals surface area contributed by atoms with Crippen molar-refractivity contribution < 1.29 is 32.5 Å². The zero-order valence-corrected chi connectivity index (χ0v) is 20.0. The number of β-amino-alcohol motifs (C(OH)–C–C–N with tert-alkyl or cyclic N) is 1. The van der Waals surface area contributed by atoms with Crippen LogP contribution in [0.3, 0.4) is 0 Å². The maximum absolute atomic E-state index is 12.6. The Labute approximate surface area is 206 Å². The van der Waals surface area contributed by atoms with Gasteiger partial charge in [-0.3, -0.25) is 4.79 Å². The van der Waals surface area contributed by atoms with Crippen molar-refractivity contribution in [2.75, 3.05) is 45.6 Å². The average molecular weight is 516 g/mol. The molecule has 0 radical (unpaired) electrons. The molecule has 192 valence electrons. The van der Waals surface area contributed by atoms with Gasteiger partial charge in [0.25, 0.3) is 5.91 Å². The average Bonchev–Trinajstić information content (AvgIpc) is 2.83. The molecule has 7 nitrogen and oxygen atoms in total. The molecular weight excluding hydrogens is 487 g/mol. The number of ether oxygens (including phenoxy) is 2. The maximum atomic E-state index is 12.6. The van der Waals surface area contributed by atoms with E-state index in [1.807, 2.05) is 0 Å². The second kappa shape index (κ2) is 11.8. The van der Waals surface area contributed by atoms with Crippen molar-refractivity contribution in [1.82, 2.24) is 10.2 Å². The summed E-state index contributed by atoms with van der Waals surface area (Å²) < 4.78 is 48.5. The van der Waals surface area contributed by atoms with Crippen LogP contribution in [0.4, 0.5) is 18.9 Å². The first-order chi connectivity index (χ1) is 16.6. The number of nitrogens with zero attached hydrogens (tertiary/aromatic N) is 1. The molecule has 2 aromatic carbocycles. The zero-order chi connectivity index (χ0) is 25.6. The van der Waals surface area contributed by atoms with E-state index >= 15 is 0 Å². The van der Waals surface area contributed by atoms with E-state index in [1.54, 1.807) is 0 Å². The van der Waals surface area contributed by atoms with Crippen LogP contribution in [0.5, 0.6) is 11.5 Å². The number of aliphatic hydroxyl groups is 1. The van der Waals surface area contributed by atoms with Gasteiger partial charge in [0.1, 0.15) is 24.2 Å². The molecule has 0 aliphatic carbocycles. The highest BCUT2D eigenvalue weighted by molar-refractivity contribution is 6.33. The molecule has 3 rings (SSSR count). The molecule has 0 spiro atoms. The van der Waals surface area contributed by atoms with Crippen molar-refractivity contribution in [1.29, 1.82) is 0 Å². The smallest absolute Gasteiger partial charge is 0.416 e. The van der Waals surface area contributed by atoms with Crippen LogP contribution in [0.15, 0.2) is 36.4 Å². The number of hydrogen-bond acceptors (Lipinski definition) is 6. The number of hydrogen-bond donors (Lipinski definition) is 3. The number of carbonyl (C=O) groups is 1. The van der Waals surface area contributed by atoms with E-state index in [4.69, 9.17) is 26.8 Å². The van der Waals surface area contributed by atoms with Crippen LogP contribution in [0.25, 0.3) is 0 Å². The number of amides is 1. The summed E-state index contributed by atoms with van der Waals surface area (Å²) in [4.78, 5) is 14.7. The first-order valence-corrected chi connectivity index (χ1v) is 11.6. The van der Waals surface area contributed by atoms with E-state index in [0.717, 1.165) is 38.1 Å². The second-order valence-corrected chi connectivity index (χ2v) is 8.92. The molecule has 0 aromatic heterocycles. The lowest BCUT2D eigenvalue weighted by Gasteiger charge is -2.33. The number of likely N-dealkylation sites (tertiary alicyclic amines) is 1. The Morgan fingerprint density at radius 3 is 2.51 bits per heavy atom. The topological polar surface area (TPSA) is 97.0 Å². The van der Waals surface area contributed by atoms with Crippen LogP contribution in [0.1, 0.15) is 28.8 Å². The summed E-state index contributed by atoms with van der Waals surface area (Å²) >= 11 is 6.04. The van der Waals surface area contributed by atoms with Gasteiger partial charge in [-0.05, 0) is 62.2 Å². The quantitative estimate of drug-likeness (QED) is 0.439. The van der Waals surface area contributed by atoms with Gasteiger partial charge in [-0.2, -0.15) is 13.2 Å². The van der Waals surface area contributed by atoms with Crippen molar-refractivity contribution in [3.63, 3.8) is 0 Å². The number of rotatable bonds is 9. The Bertz CT molecular complexity index is 997. The number of nitrogens with one attached hydrogen (secondary N) is 1. The molecule has 1 aliphatic rings. The molecule has 11 heteroatoms. The number of methoxy groups -OCH3 is 1. The number of nitrogen functional groups attached to an aromatic ring is 1. The standard InChI is InChI=1S/C24H29ClF3N3O4/c1-34-22-11-21(29)20(25)10-19(22)23(33)30-12-15-6-8-31(9-7-15)13-17(32)14-35-18-4-2-16(3-5-18)24(26,27)28/h2-5,10-11,15,17,32H,6-9,12-14,29H2,1H3,(H,30,33). The summed E-state index contributed by atoms with van der Waals surface area (Å²) in [5.41, 5.74) is 5.66. The molecule has 0 bridgehead atoms. The molecule has 2 aromatic rings. The van der Waals surface area contributed by atoms with Crippen LogP contribution in [-0.2, 0) is 6.18 Å². The van der Waals surface area contributed by atoms with Gasteiger partial charge in [0.2, 0.25) is 0 Å². The Morgan fingerprint density at radius 1 is 1.26 bits per heavy atom. The third kappa shape index (κ3) is 7.65. The van der Waals surface area contributed by atoms with Gasteiger partial charge in [-0.15, -0.1) is 0 Å². The zero-order valence-electron chi connectivity index (χ0n) is 19.3. The molecule has 4 N–H and O–H groups in total. The molecular formula is C24H29ClF3N3O4. The third-order valence-electron chi connectivity index (χ3n) is 5.91. The van der Waals surface area contributed by atoms with E-state index in [1.165, 1.54) is 31.4 Å². The van der Waals surface area contributed by atoms with E-state index in [9.17, 15) is 23.1 Å². The van der Waals surface area contributed by atoms with Crippen molar-refractivity contribution in [3.8, 4) is 11.5 Å². The third-order valence-corrected chi connectivity index (χ3v) is 6.24. The predicted octanol–water partition coefficient (Wildman–Crippen LogP) is 3.83. The van der Waals surface area contributed by atoms with Crippen LogP contribution in [0, 0.1) is 5.92 Å². The minimum atomic E-state index is -4.40. The number of piperidine rings is 1. The first-order valence-electron chi connectivity index (χ1n) is 11.2. The molecule has 1 unspecified atom stereocenters. The Morgan fingerprint density at radius 2 is 1.91 bits per heavy atom. The lowest BCUT2D eigenvalue weighted by atomic mass is 9.96. The van der Waals surface area contributed by atoms with Crippen LogP contribution in [0.2, 0.25) is 5.02 Å². The van der Waals surface area contributed by atoms with Crippen molar-refractivity contribution in [2.45, 2.75) is 25.1 Å². The van der Waals surface area contributed by atoms with Gasteiger partial charge >= 0.3 is 6.18 Å². The summed E-state index contributed by atoms with van der Waals surface area (Å²) in [7, 11) is 1.46. The highest BCUT2D eigenvalue weighted by atomic mass is 35.5. The molecule has 1 amide bonds. The van der Waals surface area contributed by atoms with Crippen LogP contribution < -0.4 is 20.5 Å². The minimum Gasteiger partial charge on any atom is -0.496 e. The monoisotopic (exact) mass is 515 g/mol. The second-order valence-electron chi connectivity index (χ2n) is 8.51. The molecule has 1 fully saturated rings. The SMILES string of the molecule is COc1cc(N)c(Cl)cc1C(=O)NCC1CCN(CC(O)COc2ccc(C(F)(F)F)cc2)CC1. The van der Waals surface area contributed by atoms with E-state index < -0.39 is 17.8 Å². The van der Waals surface area contributed by atoms with Gasteiger partial charge in [-0.25, -0.2) is 0 Å². The van der Waals surface area contributed by atoms with Crippen molar-refractivity contribution in [2.24, 2.45) is 5.92 Å². The lowest BCUT2D eigenvalue weighted by Crippen LogP contribution is -2.42. The summed E-state index contributed by atoms with van der Waals surface area (Å²) in [6.07, 6.45) is -3.50. The summed E-state index contributed by atoms with van der Waals surface area (Å²) in [5, 5.41) is 13.5. The van der Waals surface area contributed by atoms with Gasteiger partial charge < -0.3 is 30.5 Å². The number of alkyl halides is 3. The first kappa shape index (κ1) is 26.9. The van der Waals surface area contributed by atoms with E-state index in [0.29, 0.717) is 30.1 Å². The fourth-order valence-corrected chi connectivity index (χ4v) is 4.07.